The Labute approximate surface area is 122 Å². The Balaban J connectivity index is 2.14. The van der Waals surface area contributed by atoms with E-state index in [0.29, 0.717) is 16.8 Å². The minimum Gasteiger partial charge on any atom is -0.321 e. The van der Waals surface area contributed by atoms with Gasteiger partial charge in [0.15, 0.2) is 5.78 Å². The van der Waals surface area contributed by atoms with Crippen molar-refractivity contribution >= 4 is 17.4 Å². The predicted octanol–water partition coefficient (Wildman–Crippen LogP) is 3.57. The quantitative estimate of drug-likeness (QED) is 0.874. The maximum Gasteiger partial charge on any atom is 0.274 e. The highest BCUT2D eigenvalue weighted by Gasteiger charge is 2.10. The van der Waals surface area contributed by atoms with Crippen LogP contribution in [0, 0.1) is 0 Å². The number of nitrogens with zero attached hydrogens (tertiary/aromatic N) is 1. The van der Waals surface area contributed by atoms with Gasteiger partial charge in [-0.1, -0.05) is 12.1 Å². The molecule has 0 fully saturated rings. The molecule has 1 aromatic carbocycles. The number of ketones is 1. The van der Waals surface area contributed by atoms with Gasteiger partial charge in [-0.05, 0) is 43.7 Å². The smallest absolute Gasteiger partial charge is 0.274 e. The van der Waals surface area contributed by atoms with E-state index < -0.39 is 12.1 Å². The molecular weight excluding hydrogens is 271 g/mol. The van der Waals surface area contributed by atoms with Crippen molar-refractivity contribution in [1.29, 1.82) is 0 Å². The van der Waals surface area contributed by atoms with E-state index in [1.54, 1.807) is 30.3 Å². The SMILES string of the molecule is CC(=O)c1ccc(C(=O)Nc2cccc(C(C)F)c2)nc1. The topological polar surface area (TPSA) is 59.1 Å². The number of rotatable bonds is 4. The maximum absolute atomic E-state index is 13.2. The summed E-state index contributed by atoms with van der Waals surface area (Å²) in [7, 11) is 0. The first kappa shape index (κ1) is 14.8. The van der Waals surface area contributed by atoms with E-state index >= 15 is 0 Å². The van der Waals surface area contributed by atoms with Crippen LogP contribution in [0.1, 0.15) is 46.4 Å². The summed E-state index contributed by atoms with van der Waals surface area (Å²) in [6.07, 6.45) is 0.256. The first-order valence-electron chi connectivity index (χ1n) is 6.50. The second kappa shape index (κ2) is 6.26. The van der Waals surface area contributed by atoms with Gasteiger partial charge in [0.2, 0.25) is 0 Å². The van der Waals surface area contributed by atoms with Crippen LogP contribution in [0.2, 0.25) is 0 Å². The van der Waals surface area contributed by atoms with Crippen molar-refractivity contribution in [3.05, 3.63) is 59.4 Å². The molecule has 2 rings (SSSR count). The lowest BCUT2D eigenvalue weighted by Gasteiger charge is -2.08. The van der Waals surface area contributed by atoms with Crippen LogP contribution in [0.25, 0.3) is 0 Å². The van der Waals surface area contributed by atoms with Gasteiger partial charge in [-0.3, -0.25) is 14.6 Å². The van der Waals surface area contributed by atoms with Crippen LogP contribution in [-0.2, 0) is 0 Å². The van der Waals surface area contributed by atoms with E-state index in [1.165, 1.54) is 26.1 Å². The van der Waals surface area contributed by atoms with Gasteiger partial charge in [-0.15, -0.1) is 0 Å². The fourth-order valence-corrected chi connectivity index (χ4v) is 1.80. The monoisotopic (exact) mass is 286 g/mol. The highest BCUT2D eigenvalue weighted by atomic mass is 19.1. The molecule has 1 atom stereocenters. The first-order valence-corrected chi connectivity index (χ1v) is 6.50. The van der Waals surface area contributed by atoms with Gasteiger partial charge in [0.25, 0.3) is 5.91 Å². The lowest BCUT2D eigenvalue weighted by atomic mass is 10.1. The van der Waals surface area contributed by atoms with E-state index in [2.05, 4.69) is 10.3 Å². The van der Waals surface area contributed by atoms with Gasteiger partial charge in [0.05, 0.1) is 0 Å². The summed E-state index contributed by atoms with van der Waals surface area (Å²) in [5.74, 6) is -0.521. The summed E-state index contributed by atoms with van der Waals surface area (Å²) < 4.78 is 13.2. The summed E-state index contributed by atoms with van der Waals surface area (Å²) in [5.41, 5.74) is 1.63. The number of halogens is 1. The molecule has 4 nitrogen and oxygen atoms in total. The van der Waals surface area contributed by atoms with Gasteiger partial charge in [-0.25, -0.2) is 4.39 Å². The third kappa shape index (κ3) is 3.72. The molecule has 108 valence electrons. The number of hydrogen-bond donors (Lipinski definition) is 1. The average Bonchev–Trinajstić information content (AvgIpc) is 2.47. The fraction of sp³-hybridized carbons (Fsp3) is 0.188. The number of nitrogens with one attached hydrogen (secondary N) is 1. The van der Waals surface area contributed by atoms with Crippen LogP contribution in [0.15, 0.2) is 42.6 Å². The summed E-state index contributed by atoms with van der Waals surface area (Å²) in [4.78, 5) is 27.1. The zero-order valence-corrected chi connectivity index (χ0v) is 11.8. The molecule has 0 bridgehead atoms. The molecule has 0 aliphatic rings. The molecule has 0 aliphatic carbocycles. The molecule has 0 radical (unpaired) electrons. The van der Waals surface area contributed by atoms with Crippen LogP contribution in [0.5, 0.6) is 0 Å². The normalized spacial score (nSPS) is 11.8. The second-order valence-corrected chi connectivity index (χ2v) is 4.68. The Morgan fingerprint density at radius 3 is 2.57 bits per heavy atom. The van der Waals surface area contributed by atoms with E-state index in [1.807, 2.05) is 0 Å². The molecule has 1 amide bonds. The van der Waals surface area contributed by atoms with Crippen molar-refractivity contribution in [2.24, 2.45) is 0 Å². The lowest BCUT2D eigenvalue weighted by Crippen LogP contribution is -2.14. The van der Waals surface area contributed by atoms with E-state index in [4.69, 9.17) is 0 Å². The zero-order chi connectivity index (χ0) is 15.4. The number of anilines is 1. The molecule has 1 N–H and O–H groups in total. The number of pyridine rings is 1. The van der Waals surface area contributed by atoms with Gasteiger partial charge >= 0.3 is 0 Å². The Morgan fingerprint density at radius 1 is 1.24 bits per heavy atom. The highest BCUT2D eigenvalue weighted by molar-refractivity contribution is 6.03. The van der Waals surface area contributed by atoms with Crippen molar-refractivity contribution in [2.75, 3.05) is 5.32 Å². The van der Waals surface area contributed by atoms with Crippen molar-refractivity contribution in [2.45, 2.75) is 20.0 Å². The molecule has 2 aromatic rings. The van der Waals surface area contributed by atoms with Crippen molar-refractivity contribution in [3.63, 3.8) is 0 Å². The number of amides is 1. The third-order valence-corrected chi connectivity index (χ3v) is 3.01. The maximum atomic E-state index is 13.2. The minimum absolute atomic E-state index is 0.112. The summed E-state index contributed by atoms with van der Waals surface area (Å²) in [6.45, 7) is 2.86. The van der Waals surface area contributed by atoms with E-state index in [0.717, 1.165) is 0 Å². The van der Waals surface area contributed by atoms with E-state index in [9.17, 15) is 14.0 Å². The molecule has 1 aromatic heterocycles. The minimum atomic E-state index is -1.10. The molecular formula is C16H15FN2O2. The van der Waals surface area contributed by atoms with Crippen molar-refractivity contribution in [1.82, 2.24) is 4.98 Å². The fourth-order valence-electron chi connectivity index (χ4n) is 1.80. The van der Waals surface area contributed by atoms with Crippen LogP contribution in [0.4, 0.5) is 10.1 Å². The first-order chi connectivity index (χ1) is 9.97. The number of Topliss-reactive ketones (excluding diaryl/α,β-unsaturated/α-hetero) is 1. The molecule has 21 heavy (non-hydrogen) atoms. The predicted molar refractivity (Wildman–Crippen MR) is 78.2 cm³/mol. The van der Waals surface area contributed by atoms with Gasteiger partial charge < -0.3 is 5.32 Å². The van der Waals surface area contributed by atoms with Gasteiger partial charge in [0, 0.05) is 17.4 Å². The standard InChI is InChI=1S/C16H15FN2O2/c1-10(17)12-4-3-5-14(8-12)19-16(21)15-7-6-13(9-18-15)11(2)20/h3-10H,1-2H3,(H,19,21). The molecule has 0 saturated heterocycles. The van der Waals surface area contributed by atoms with Crippen LogP contribution in [0.3, 0.4) is 0 Å². The Hall–Kier alpha value is -2.56. The Bertz CT molecular complexity index is 666. The summed E-state index contributed by atoms with van der Waals surface area (Å²) in [6, 6.07) is 9.60. The van der Waals surface area contributed by atoms with Crippen molar-refractivity contribution in [3.8, 4) is 0 Å². The Kier molecular flexibility index (Phi) is 4.42. The number of hydrogen-bond acceptors (Lipinski definition) is 3. The molecule has 1 unspecified atom stereocenters. The number of benzene rings is 1. The molecule has 0 saturated carbocycles. The zero-order valence-electron chi connectivity index (χ0n) is 11.8. The van der Waals surface area contributed by atoms with E-state index in [-0.39, 0.29) is 11.5 Å². The molecule has 5 heteroatoms. The summed E-state index contributed by atoms with van der Waals surface area (Å²) >= 11 is 0. The van der Waals surface area contributed by atoms with Crippen LogP contribution in [-0.4, -0.2) is 16.7 Å². The van der Waals surface area contributed by atoms with Crippen LogP contribution < -0.4 is 5.32 Å². The van der Waals surface area contributed by atoms with Crippen LogP contribution >= 0.6 is 0 Å². The van der Waals surface area contributed by atoms with Gasteiger partial charge in [-0.2, -0.15) is 0 Å². The lowest BCUT2D eigenvalue weighted by molar-refractivity contribution is 0.100. The molecule has 1 heterocycles. The number of carbonyl (C=O) groups excluding carboxylic acids is 2. The Morgan fingerprint density at radius 2 is 2.00 bits per heavy atom. The number of alkyl halides is 1. The number of aromatic nitrogens is 1. The molecule has 0 aliphatic heterocycles. The second-order valence-electron chi connectivity index (χ2n) is 4.68. The molecule has 0 spiro atoms. The largest absolute Gasteiger partial charge is 0.321 e. The number of carbonyl (C=O) groups is 2. The highest BCUT2D eigenvalue weighted by Crippen LogP contribution is 2.20. The van der Waals surface area contributed by atoms with Crippen molar-refractivity contribution < 1.29 is 14.0 Å². The average molecular weight is 286 g/mol. The summed E-state index contributed by atoms with van der Waals surface area (Å²) in [5, 5.41) is 2.65. The third-order valence-electron chi connectivity index (χ3n) is 3.01. The van der Waals surface area contributed by atoms with Gasteiger partial charge in [0.1, 0.15) is 11.9 Å².